The van der Waals surface area contributed by atoms with Gasteiger partial charge in [-0.1, -0.05) is 44.4 Å². The van der Waals surface area contributed by atoms with Crippen molar-refractivity contribution in [2.45, 2.75) is 58.4 Å². The van der Waals surface area contributed by atoms with Gasteiger partial charge in [0, 0.05) is 18.5 Å². The molecule has 1 aliphatic carbocycles. The Morgan fingerprint density at radius 3 is 2.70 bits per heavy atom. The molecule has 0 bridgehead atoms. The predicted molar refractivity (Wildman–Crippen MR) is 85.6 cm³/mol. The monoisotopic (exact) mass is 275 g/mol. The number of rotatable bonds is 8. The average molecular weight is 275 g/mol. The molecule has 2 heteroatoms. The number of benzene rings is 1. The van der Waals surface area contributed by atoms with Crippen LogP contribution in [0.3, 0.4) is 0 Å². The van der Waals surface area contributed by atoms with Gasteiger partial charge >= 0.3 is 0 Å². The second-order valence-electron chi connectivity index (χ2n) is 6.30. The largest absolute Gasteiger partial charge is 0.496 e. The zero-order chi connectivity index (χ0) is 14.5. The van der Waals surface area contributed by atoms with E-state index in [1.54, 1.807) is 7.11 Å². The summed E-state index contributed by atoms with van der Waals surface area (Å²) in [6, 6.07) is 7.33. The third-order valence-electron chi connectivity index (χ3n) is 4.42. The van der Waals surface area contributed by atoms with Crippen LogP contribution in [-0.4, -0.2) is 19.7 Å². The van der Waals surface area contributed by atoms with Crippen molar-refractivity contribution in [3.8, 4) is 5.75 Å². The van der Waals surface area contributed by atoms with Gasteiger partial charge in [-0.2, -0.15) is 0 Å². The van der Waals surface area contributed by atoms with Crippen LogP contribution in [0.15, 0.2) is 18.2 Å². The van der Waals surface area contributed by atoms with Gasteiger partial charge < -0.3 is 10.1 Å². The van der Waals surface area contributed by atoms with Crippen LogP contribution >= 0.6 is 0 Å². The average Bonchev–Trinajstić information content (AvgIpc) is 3.24. The molecule has 1 saturated carbocycles. The van der Waals surface area contributed by atoms with Crippen LogP contribution in [0.1, 0.15) is 56.6 Å². The summed E-state index contributed by atoms with van der Waals surface area (Å²) >= 11 is 0. The number of nitrogens with one attached hydrogen (secondary N) is 1. The highest BCUT2D eigenvalue weighted by atomic mass is 16.5. The first-order valence-corrected chi connectivity index (χ1v) is 8.03. The molecule has 0 saturated heterocycles. The number of ether oxygens (including phenoxy) is 1. The zero-order valence-corrected chi connectivity index (χ0v) is 13.4. The fraction of sp³-hybridized carbons (Fsp3) is 0.667. The fourth-order valence-electron chi connectivity index (χ4n) is 3.00. The first-order valence-electron chi connectivity index (χ1n) is 8.03. The van der Waals surface area contributed by atoms with Crippen LogP contribution in [-0.2, 0) is 0 Å². The van der Waals surface area contributed by atoms with Crippen LogP contribution in [0.2, 0.25) is 0 Å². The molecule has 0 heterocycles. The summed E-state index contributed by atoms with van der Waals surface area (Å²) in [4.78, 5) is 0. The molecule has 2 unspecified atom stereocenters. The summed E-state index contributed by atoms with van der Waals surface area (Å²) in [7, 11) is 1.78. The molecule has 0 radical (unpaired) electrons. The lowest BCUT2D eigenvalue weighted by molar-refractivity contribution is 0.369. The number of hydrogen-bond donors (Lipinski definition) is 1. The second-order valence-corrected chi connectivity index (χ2v) is 6.30. The quantitative estimate of drug-likeness (QED) is 0.765. The Bertz CT molecular complexity index is 425. The van der Waals surface area contributed by atoms with E-state index < -0.39 is 0 Å². The van der Waals surface area contributed by atoms with Gasteiger partial charge in [0.1, 0.15) is 5.75 Å². The molecule has 0 aromatic heterocycles. The van der Waals surface area contributed by atoms with Gasteiger partial charge in [-0.05, 0) is 37.3 Å². The molecule has 2 atom stereocenters. The van der Waals surface area contributed by atoms with Crippen molar-refractivity contribution >= 4 is 0 Å². The van der Waals surface area contributed by atoms with Crippen LogP contribution < -0.4 is 10.1 Å². The maximum Gasteiger partial charge on any atom is 0.122 e. The normalized spacial score (nSPS) is 17.8. The van der Waals surface area contributed by atoms with Gasteiger partial charge in [0.2, 0.25) is 0 Å². The standard InChI is InChI=1S/C18H29NO/c1-5-6-14(3)17(12-19-15-8-9-15)16-11-13(2)7-10-18(16)20-4/h7,10-11,14-15,17,19H,5-6,8-9,12H2,1-4H3. The predicted octanol–water partition coefficient (Wildman–Crippen LogP) is 4.28. The van der Waals surface area contributed by atoms with Crippen molar-refractivity contribution in [1.29, 1.82) is 0 Å². The second kappa shape index (κ2) is 7.12. The minimum absolute atomic E-state index is 0.547. The highest BCUT2D eigenvalue weighted by Gasteiger charge is 2.26. The molecule has 1 N–H and O–H groups in total. The van der Waals surface area contributed by atoms with Crippen molar-refractivity contribution in [2.75, 3.05) is 13.7 Å². The number of hydrogen-bond acceptors (Lipinski definition) is 2. The molecule has 1 aromatic carbocycles. The van der Waals surface area contributed by atoms with Crippen molar-refractivity contribution in [2.24, 2.45) is 5.92 Å². The third-order valence-corrected chi connectivity index (χ3v) is 4.42. The van der Waals surface area contributed by atoms with E-state index in [9.17, 15) is 0 Å². The highest BCUT2D eigenvalue weighted by Crippen LogP contribution is 2.35. The van der Waals surface area contributed by atoms with E-state index >= 15 is 0 Å². The van der Waals surface area contributed by atoms with Crippen molar-refractivity contribution in [3.05, 3.63) is 29.3 Å². The lowest BCUT2D eigenvalue weighted by Gasteiger charge is -2.26. The van der Waals surface area contributed by atoms with E-state index in [0.29, 0.717) is 11.8 Å². The molecule has 0 aliphatic heterocycles. The molecule has 1 fully saturated rings. The Labute approximate surface area is 123 Å². The van der Waals surface area contributed by atoms with Crippen molar-refractivity contribution < 1.29 is 4.74 Å². The SMILES string of the molecule is CCCC(C)C(CNC1CC1)c1cc(C)ccc1OC. The third kappa shape index (κ3) is 3.99. The topological polar surface area (TPSA) is 21.3 Å². The van der Waals surface area contributed by atoms with Gasteiger partial charge in [0.15, 0.2) is 0 Å². The van der Waals surface area contributed by atoms with Gasteiger partial charge in [-0.25, -0.2) is 0 Å². The van der Waals surface area contributed by atoms with E-state index in [2.05, 4.69) is 44.3 Å². The minimum Gasteiger partial charge on any atom is -0.496 e. The Kier molecular flexibility index (Phi) is 5.47. The van der Waals surface area contributed by atoms with Gasteiger partial charge in [0.25, 0.3) is 0 Å². The summed E-state index contributed by atoms with van der Waals surface area (Å²) in [5.41, 5.74) is 2.70. The number of aryl methyl sites for hydroxylation is 1. The highest BCUT2D eigenvalue weighted by molar-refractivity contribution is 5.40. The smallest absolute Gasteiger partial charge is 0.122 e. The Morgan fingerprint density at radius 1 is 1.35 bits per heavy atom. The molecular formula is C18H29NO. The molecule has 1 aliphatic rings. The molecule has 20 heavy (non-hydrogen) atoms. The van der Waals surface area contributed by atoms with Crippen LogP contribution in [0.25, 0.3) is 0 Å². The fourth-order valence-corrected chi connectivity index (χ4v) is 3.00. The van der Waals surface area contributed by atoms with Crippen LogP contribution in [0, 0.1) is 12.8 Å². The molecule has 0 spiro atoms. The molecule has 0 amide bonds. The Morgan fingerprint density at radius 2 is 2.10 bits per heavy atom. The molecule has 2 nitrogen and oxygen atoms in total. The first kappa shape index (κ1) is 15.4. The van der Waals surface area contributed by atoms with Crippen molar-refractivity contribution in [1.82, 2.24) is 5.32 Å². The minimum atomic E-state index is 0.547. The van der Waals surface area contributed by atoms with Gasteiger partial charge in [0.05, 0.1) is 7.11 Å². The summed E-state index contributed by atoms with van der Waals surface area (Å²) in [5.74, 6) is 2.27. The molecule has 1 aromatic rings. The summed E-state index contributed by atoms with van der Waals surface area (Å²) in [6.45, 7) is 7.89. The molecule has 112 valence electrons. The maximum absolute atomic E-state index is 5.60. The van der Waals surface area contributed by atoms with Crippen molar-refractivity contribution in [3.63, 3.8) is 0 Å². The van der Waals surface area contributed by atoms with Crippen LogP contribution in [0.5, 0.6) is 5.75 Å². The van der Waals surface area contributed by atoms with E-state index in [-0.39, 0.29) is 0 Å². The summed E-state index contributed by atoms with van der Waals surface area (Å²) in [5, 5.41) is 3.71. The summed E-state index contributed by atoms with van der Waals surface area (Å²) < 4.78 is 5.60. The maximum atomic E-state index is 5.60. The Hall–Kier alpha value is -1.02. The van der Waals surface area contributed by atoms with E-state index in [0.717, 1.165) is 18.3 Å². The van der Waals surface area contributed by atoms with E-state index in [4.69, 9.17) is 4.74 Å². The summed E-state index contributed by atoms with van der Waals surface area (Å²) in [6.07, 6.45) is 5.21. The van der Waals surface area contributed by atoms with Gasteiger partial charge in [-0.15, -0.1) is 0 Å². The lowest BCUT2D eigenvalue weighted by Crippen LogP contribution is -2.27. The molecular weight excluding hydrogens is 246 g/mol. The zero-order valence-electron chi connectivity index (χ0n) is 13.4. The van der Waals surface area contributed by atoms with Gasteiger partial charge in [-0.3, -0.25) is 0 Å². The Balaban J connectivity index is 2.20. The van der Waals surface area contributed by atoms with E-state index in [1.165, 1.54) is 36.8 Å². The number of methoxy groups -OCH3 is 1. The lowest BCUT2D eigenvalue weighted by atomic mass is 9.83. The van der Waals surface area contributed by atoms with E-state index in [1.807, 2.05) is 0 Å². The van der Waals surface area contributed by atoms with Crippen LogP contribution in [0.4, 0.5) is 0 Å². The molecule has 2 rings (SSSR count). The first-order chi connectivity index (χ1) is 9.65.